The van der Waals surface area contributed by atoms with Gasteiger partial charge in [-0.05, 0) is 43.3 Å². The average molecular weight is 424 g/mol. The van der Waals surface area contributed by atoms with Crippen LogP contribution in [0.3, 0.4) is 0 Å². The van der Waals surface area contributed by atoms with Crippen molar-refractivity contribution in [1.82, 2.24) is 0 Å². The van der Waals surface area contributed by atoms with Gasteiger partial charge in [0.25, 0.3) is 10.0 Å². The van der Waals surface area contributed by atoms with Gasteiger partial charge in [0.2, 0.25) is 12.7 Å². The number of rotatable bonds is 6. The maximum atomic E-state index is 13.3. The van der Waals surface area contributed by atoms with Gasteiger partial charge in [-0.2, -0.15) is 0 Å². The molecule has 1 aliphatic rings. The third-order valence-corrected chi connectivity index (χ3v) is 6.38. The van der Waals surface area contributed by atoms with Gasteiger partial charge >= 0.3 is 0 Å². The Morgan fingerprint density at radius 3 is 2.40 bits per heavy atom. The largest absolute Gasteiger partial charge is 0.454 e. The molecule has 0 unspecified atom stereocenters. The average Bonchev–Trinajstić information content (AvgIpc) is 3.21. The molecule has 0 saturated carbocycles. The summed E-state index contributed by atoms with van der Waals surface area (Å²) in [6, 6.07) is 20.0. The first-order chi connectivity index (χ1) is 14.4. The van der Waals surface area contributed by atoms with Crippen molar-refractivity contribution in [3.05, 3.63) is 78.4 Å². The molecule has 0 spiro atoms. The number of carbonyl (C=O) groups excluding carboxylic acids is 1. The smallest absolute Gasteiger partial charge is 0.264 e. The quantitative estimate of drug-likeness (QED) is 0.654. The Morgan fingerprint density at radius 2 is 1.67 bits per heavy atom. The van der Waals surface area contributed by atoms with Crippen LogP contribution in [0.4, 0.5) is 11.4 Å². The molecule has 8 heteroatoms. The van der Waals surface area contributed by atoms with E-state index in [1.165, 1.54) is 12.1 Å². The SMILES string of the molecule is Cc1ccc(N(CC(=O)Nc2ccc3c(c2)OCO3)S(=O)(=O)c2ccccc2)cc1. The number of amides is 1. The monoisotopic (exact) mass is 424 g/mol. The van der Waals surface area contributed by atoms with E-state index < -0.39 is 15.9 Å². The van der Waals surface area contributed by atoms with Crippen molar-refractivity contribution in [2.75, 3.05) is 23.0 Å². The van der Waals surface area contributed by atoms with Crippen LogP contribution in [0.25, 0.3) is 0 Å². The molecule has 1 amide bonds. The van der Waals surface area contributed by atoms with Crippen LogP contribution in [-0.2, 0) is 14.8 Å². The lowest BCUT2D eigenvalue weighted by atomic mass is 10.2. The van der Waals surface area contributed by atoms with Gasteiger partial charge in [0, 0.05) is 11.8 Å². The minimum absolute atomic E-state index is 0.112. The van der Waals surface area contributed by atoms with Crippen LogP contribution >= 0.6 is 0 Å². The Kier molecular flexibility index (Phi) is 5.33. The zero-order chi connectivity index (χ0) is 21.1. The fraction of sp³-hybridized carbons (Fsp3) is 0.136. The molecule has 4 rings (SSSR count). The fourth-order valence-corrected chi connectivity index (χ4v) is 4.49. The molecule has 0 aromatic heterocycles. The van der Waals surface area contributed by atoms with E-state index in [-0.39, 0.29) is 18.2 Å². The topological polar surface area (TPSA) is 84.9 Å². The van der Waals surface area contributed by atoms with Gasteiger partial charge < -0.3 is 14.8 Å². The lowest BCUT2D eigenvalue weighted by molar-refractivity contribution is -0.114. The Morgan fingerprint density at radius 1 is 0.967 bits per heavy atom. The minimum atomic E-state index is -3.94. The molecule has 3 aromatic rings. The third kappa shape index (κ3) is 4.08. The maximum absolute atomic E-state index is 13.3. The van der Waals surface area contributed by atoms with Crippen LogP contribution < -0.4 is 19.1 Å². The molecule has 0 atom stereocenters. The predicted octanol–water partition coefficient (Wildman–Crippen LogP) is 3.56. The first-order valence-electron chi connectivity index (χ1n) is 9.27. The predicted molar refractivity (Wildman–Crippen MR) is 113 cm³/mol. The van der Waals surface area contributed by atoms with Crippen molar-refractivity contribution in [3.8, 4) is 11.5 Å². The highest BCUT2D eigenvalue weighted by molar-refractivity contribution is 7.92. The second-order valence-electron chi connectivity index (χ2n) is 6.78. The summed E-state index contributed by atoms with van der Waals surface area (Å²) < 4.78 is 38.2. The van der Waals surface area contributed by atoms with Crippen molar-refractivity contribution in [1.29, 1.82) is 0 Å². The highest BCUT2D eigenvalue weighted by atomic mass is 32.2. The number of benzene rings is 3. The van der Waals surface area contributed by atoms with Crippen molar-refractivity contribution >= 4 is 27.3 Å². The van der Waals surface area contributed by atoms with Crippen molar-refractivity contribution < 1.29 is 22.7 Å². The molecule has 0 fully saturated rings. The number of fused-ring (bicyclic) bond motifs is 1. The summed E-state index contributed by atoms with van der Waals surface area (Å²) in [5.41, 5.74) is 1.89. The van der Waals surface area contributed by atoms with E-state index in [4.69, 9.17) is 9.47 Å². The number of anilines is 2. The molecule has 0 radical (unpaired) electrons. The Bertz CT molecular complexity index is 1160. The van der Waals surface area contributed by atoms with Gasteiger partial charge in [0.1, 0.15) is 6.54 Å². The van der Waals surface area contributed by atoms with Gasteiger partial charge in [0.15, 0.2) is 11.5 Å². The van der Waals surface area contributed by atoms with E-state index in [2.05, 4.69) is 5.32 Å². The fourth-order valence-electron chi connectivity index (χ4n) is 3.05. The van der Waals surface area contributed by atoms with E-state index >= 15 is 0 Å². The standard InChI is InChI=1S/C22H20N2O5S/c1-16-7-10-18(11-8-16)24(30(26,27)19-5-3-2-4-6-19)14-22(25)23-17-9-12-20-21(13-17)29-15-28-20/h2-13H,14-15H2,1H3,(H,23,25). The van der Waals surface area contributed by atoms with Crippen LogP contribution in [0, 0.1) is 6.92 Å². The second kappa shape index (κ2) is 8.08. The third-order valence-electron chi connectivity index (χ3n) is 4.60. The van der Waals surface area contributed by atoms with E-state index in [0.717, 1.165) is 9.87 Å². The normalized spacial score (nSPS) is 12.4. The van der Waals surface area contributed by atoms with E-state index in [1.807, 2.05) is 6.92 Å². The minimum Gasteiger partial charge on any atom is -0.454 e. The molecule has 1 N–H and O–H groups in total. The molecule has 0 saturated heterocycles. The number of nitrogens with zero attached hydrogens (tertiary/aromatic N) is 1. The van der Waals surface area contributed by atoms with Crippen LogP contribution in [0.5, 0.6) is 11.5 Å². The van der Waals surface area contributed by atoms with Gasteiger partial charge in [0.05, 0.1) is 10.6 Å². The zero-order valence-corrected chi connectivity index (χ0v) is 17.1. The molecule has 30 heavy (non-hydrogen) atoms. The molecule has 1 aliphatic heterocycles. The number of ether oxygens (including phenoxy) is 2. The molecular weight excluding hydrogens is 404 g/mol. The number of hydrogen-bond acceptors (Lipinski definition) is 5. The van der Waals surface area contributed by atoms with E-state index in [9.17, 15) is 13.2 Å². The summed E-state index contributed by atoms with van der Waals surface area (Å²) in [5.74, 6) is 0.648. The van der Waals surface area contributed by atoms with Crippen LogP contribution in [0.1, 0.15) is 5.56 Å². The number of aryl methyl sites for hydroxylation is 1. The van der Waals surface area contributed by atoms with Crippen molar-refractivity contribution in [2.45, 2.75) is 11.8 Å². The summed E-state index contributed by atoms with van der Waals surface area (Å²) in [7, 11) is -3.94. The summed E-state index contributed by atoms with van der Waals surface area (Å²) in [5, 5.41) is 2.73. The van der Waals surface area contributed by atoms with Crippen molar-refractivity contribution in [3.63, 3.8) is 0 Å². The second-order valence-corrected chi connectivity index (χ2v) is 8.64. The molecule has 3 aromatic carbocycles. The van der Waals surface area contributed by atoms with Gasteiger partial charge in [-0.15, -0.1) is 0 Å². The lowest BCUT2D eigenvalue weighted by Crippen LogP contribution is -2.38. The zero-order valence-electron chi connectivity index (χ0n) is 16.2. The summed E-state index contributed by atoms with van der Waals surface area (Å²) in [6.45, 7) is 1.66. The maximum Gasteiger partial charge on any atom is 0.264 e. The number of sulfonamides is 1. The van der Waals surface area contributed by atoms with Crippen LogP contribution in [0.2, 0.25) is 0 Å². The van der Waals surface area contributed by atoms with E-state index in [1.54, 1.807) is 60.7 Å². The Balaban J connectivity index is 1.61. The summed E-state index contributed by atoms with van der Waals surface area (Å²) in [6.07, 6.45) is 0. The molecule has 7 nitrogen and oxygen atoms in total. The summed E-state index contributed by atoms with van der Waals surface area (Å²) >= 11 is 0. The number of carbonyl (C=O) groups is 1. The Hall–Kier alpha value is -3.52. The highest BCUT2D eigenvalue weighted by Crippen LogP contribution is 2.34. The molecule has 0 bridgehead atoms. The van der Waals surface area contributed by atoms with Gasteiger partial charge in [-0.25, -0.2) is 8.42 Å². The van der Waals surface area contributed by atoms with Gasteiger partial charge in [-0.3, -0.25) is 9.10 Å². The van der Waals surface area contributed by atoms with Crippen LogP contribution in [0.15, 0.2) is 77.7 Å². The van der Waals surface area contributed by atoms with Crippen molar-refractivity contribution in [2.24, 2.45) is 0 Å². The first-order valence-corrected chi connectivity index (χ1v) is 10.7. The molecule has 0 aliphatic carbocycles. The van der Waals surface area contributed by atoms with E-state index in [0.29, 0.717) is 22.9 Å². The number of nitrogens with one attached hydrogen (secondary N) is 1. The van der Waals surface area contributed by atoms with Gasteiger partial charge in [-0.1, -0.05) is 35.9 Å². The highest BCUT2D eigenvalue weighted by Gasteiger charge is 2.27. The molecule has 1 heterocycles. The Labute approximate surface area is 174 Å². The summed E-state index contributed by atoms with van der Waals surface area (Å²) in [4.78, 5) is 12.9. The molecular formula is C22H20N2O5S. The van der Waals surface area contributed by atoms with Crippen LogP contribution in [-0.4, -0.2) is 27.7 Å². The number of hydrogen-bond donors (Lipinski definition) is 1. The first kappa shape index (κ1) is 19.8. The lowest BCUT2D eigenvalue weighted by Gasteiger charge is -2.24. The molecule has 154 valence electrons.